The van der Waals surface area contributed by atoms with E-state index in [2.05, 4.69) is 10.5 Å². The van der Waals surface area contributed by atoms with E-state index in [0.717, 1.165) is 28.2 Å². The lowest BCUT2D eigenvalue weighted by Gasteiger charge is -2.22. The maximum Gasteiger partial charge on any atom is 0.270 e. The number of carbonyl (C=O) groups excluding carboxylic acids is 1. The number of rotatable bonds is 9. The van der Waals surface area contributed by atoms with E-state index in [1.54, 1.807) is 19.1 Å². The van der Waals surface area contributed by atoms with Gasteiger partial charge in [0.25, 0.3) is 11.6 Å². The molecular formula is C23H19Cl2FN4O5S. The summed E-state index contributed by atoms with van der Waals surface area (Å²) in [5.74, 6) is -1.58. The largest absolute Gasteiger partial charge is 0.272 e. The van der Waals surface area contributed by atoms with E-state index in [1.165, 1.54) is 36.4 Å². The summed E-state index contributed by atoms with van der Waals surface area (Å²) >= 11 is 12.1. The molecule has 0 unspecified atom stereocenters. The zero-order valence-corrected chi connectivity index (χ0v) is 21.0. The number of aryl methyl sites for hydroxylation is 1. The van der Waals surface area contributed by atoms with Crippen molar-refractivity contribution in [3.05, 3.63) is 103 Å². The Morgan fingerprint density at radius 2 is 1.83 bits per heavy atom. The summed E-state index contributed by atoms with van der Waals surface area (Å²) in [6.07, 6.45) is 1.08. The van der Waals surface area contributed by atoms with E-state index in [1.807, 2.05) is 0 Å². The van der Waals surface area contributed by atoms with E-state index in [4.69, 9.17) is 23.2 Å². The molecule has 0 saturated heterocycles. The highest BCUT2D eigenvalue weighted by atomic mass is 35.5. The number of carbonyl (C=O) groups is 1. The smallest absolute Gasteiger partial charge is 0.270 e. The molecule has 0 heterocycles. The topological polar surface area (TPSA) is 122 Å². The third kappa shape index (κ3) is 6.64. The lowest BCUT2D eigenvalue weighted by Crippen LogP contribution is -2.39. The Hall–Kier alpha value is -3.38. The Bertz CT molecular complexity index is 1410. The van der Waals surface area contributed by atoms with Gasteiger partial charge in [-0.2, -0.15) is 9.41 Å². The Morgan fingerprint density at radius 3 is 2.47 bits per heavy atom. The molecule has 36 heavy (non-hydrogen) atoms. The van der Waals surface area contributed by atoms with Gasteiger partial charge in [0.15, 0.2) is 0 Å². The molecule has 0 fully saturated rings. The molecule has 0 aliphatic rings. The standard InChI is InChI=1S/C23H19Cl2FN4O5S/c1-15-5-8-18(9-6-15)36(34,35)29(13-19-21(25)3-2-4-22(19)26)14-23(31)28-27-12-16-11-17(30(32)33)7-10-20(16)24/h2-12H,13-14H2,1H3,(H,28,31)/b27-12-. The number of benzene rings is 3. The van der Waals surface area contributed by atoms with E-state index in [0.29, 0.717) is 0 Å². The van der Waals surface area contributed by atoms with Crippen molar-refractivity contribution in [1.82, 2.24) is 9.73 Å². The summed E-state index contributed by atoms with van der Waals surface area (Å²) in [4.78, 5) is 22.8. The Balaban J connectivity index is 1.85. The molecule has 3 aromatic rings. The van der Waals surface area contributed by atoms with Crippen molar-refractivity contribution in [2.45, 2.75) is 18.4 Å². The SMILES string of the molecule is Cc1ccc(S(=O)(=O)N(CC(=O)N/N=C\c2cc([N+](=O)[O-])ccc2Cl)Cc2c(F)cccc2Cl)cc1. The highest BCUT2D eigenvalue weighted by molar-refractivity contribution is 7.89. The van der Waals surface area contributed by atoms with E-state index in [9.17, 15) is 27.7 Å². The van der Waals surface area contributed by atoms with Gasteiger partial charge in [-0.25, -0.2) is 18.2 Å². The number of amides is 1. The van der Waals surface area contributed by atoms with Crippen LogP contribution in [0, 0.1) is 22.9 Å². The molecule has 9 nitrogen and oxygen atoms in total. The van der Waals surface area contributed by atoms with Crippen LogP contribution < -0.4 is 5.43 Å². The molecule has 188 valence electrons. The summed E-state index contributed by atoms with van der Waals surface area (Å²) in [5, 5.41) is 14.8. The van der Waals surface area contributed by atoms with Gasteiger partial charge in [0.1, 0.15) is 5.82 Å². The third-order valence-electron chi connectivity index (χ3n) is 4.96. The predicted octanol–water partition coefficient (Wildman–Crippen LogP) is 4.69. The Morgan fingerprint density at radius 1 is 1.14 bits per heavy atom. The maximum absolute atomic E-state index is 14.4. The molecule has 1 N–H and O–H groups in total. The van der Waals surface area contributed by atoms with E-state index in [-0.39, 0.29) is 31.8 Å². The second-order valence-electron chi connectivity index (χ2n) is 7.54. The Kier molecular flexibility index (Phi) is 8.75. The quantitative estimate of drug-likeness (QED) is 0.234. The van der Waals surface area contributed by atoms with Crippen LogP contribution in [0.2, 0.25) is 10.0 Å². The van der Waals surface area contributed by atoms with Crippen LogP contribution >= 0.6 is 23.2 Å². The molecule has 13 heteroatoms. The third-order valence-corrected chi connectivity index (χ3v) is 7.46. The van der Waals surface area contributed by atoms with Crippen molar-refractivity contribution >= 4 is 51.0 Å². The van der Waals surface area contributed by atoms with Crippen LogP contribution in [0.1, 0.15) is 16.7 Å². The van der Waals surface area contributed by atoms with Crippen molar-refractivity contribution in [1.29, 1.82) is 0 Å². The average molecular weight is 553 g/mol. The van der Waals surface area contributed by atoms with Crippen molar-refractivity contribution < 1.29 is 22.5 Å². The van der Waals surface area contributed by atoms with Crippen LogP contribution in [0.15, 0.2) is 70.7 Å². The molecule has 0 aliphatic heterocycles. The molecule has 0 aromatic heterocycles. The number of hydrogen-bond donors (Lipinski definition) is 1. The van der Waals surface area contributed by atoms with Crippen molar-refractivity contribution in [2.75, 3.05) is 6.54 Å². The Labute approximate surface area is 216 Å². The summed E-state index contributed by atoms with van der Waals surface area (Å²) in [6.45, 7) is 0.544. The fourth-order valence-corrected chi connectivity index (χ4v) is 4.81. The van der Waals surface area contributed by atoms with Gasteiger partial charge in [0.05, 0.1) is 22.6 Å². The van der Waals surface area contributed by atoms with Gasteiger partial charge in [0.2, 0.25) is 10.0 Å². The second-order valence-corrected chi connectivity index (χ2v) is 10.3. The fraction of sp³-hybridized carbons (Fsp3) is 0.130. The number of nitro benzene ring substituents is 1. The summed E-state index contributed by atoms with van der Waals surface area (Å²) in [5.41, 5.74) is 2.80. The average Bonchev–Trinajstić information content (AvgIpc) is 2.82. The maximum atomic E-state index is 14.4. The molecule has 0 radical (unpaired) electrons. The zero-order chi connectivity index (χ0) is 26.5. The zero-order valence-electron chi connectivity index (χ0n) is 18.7. The number of sulfonamides is 1. The fourth-order valence-electron chi connectivity index (χ4n) is 3.06. The van der Waals surface area contributed by atoms with Gasteiger partial charge < -0.3 is 0 Å². The first-order chi connectivity index (χ1) is 17.0. The van der Waals surface area contributed by atoms with E-state index < -0.39 is 39.8 Å². The minimum atomic E-state index is -4.24. The lowest BCUT2D eigenvalue weighted by atomic mass is 10.2. The molecule has 0 aliphatic carbocycles. The molecule has 3 aromatic carbocycles. The molecule has 0 saturated carbocycles. The number of nitrogens with one attached hydrogen (secondary N) is 1. The number of hydrogen-bond acceptors (Lipinski definition) is 6. The summed E-state index contributed by atoms with van der Waals surface area (Å²) < 4.78 is 41.8. The molecule has 0 atom stereocenters. The van der Waals surface area contributed by atoms with Crippen molar-refractivity contribution in [2.24, 2.45) is 5.10 Å². The molecule has 1 amide bonds. The van der Waals surface area contributed by atoms with Crippen LogP contribution in [-0.2, 0) is 21.4 Å². The number of nitrogens with zero attached hydrogens (tertiary/aromatic N) is 3. The first-order valence-corrected chi connectivity index (χ1v) is 12.4. The normalized spacial score (nSPS) is 11.7. The molecule has 3 rings (SSSR count). The van der Waals surface area contributed by atoms with Gasteiger partial charge in [-0.15, -0.1) is 0 Å². The predicted molar refractivity (Wildman–Crippen MR) is 134 cm³/mol. The summed E-state index contributed by atoms with van der Waals surface area (Å²) in [7, 11) is -4.24. The van der Waals surface area contributed by atoms with Crippen molar-refractivity contribution in [3.63, 3.8) is 0 Å². The highest BCUT2D eigenvalue weighted by Gasteiger charge is 2.28. The number of halogens is 3. The van der Waals surface area contributed by atoms with Gasteiger partial charge in [0, 0.05) is 39.8 Å². The monoisotopic (exact) mass is 552 g/mol. The first kappa shape index (κ1) is 27.2. The van der Waals surface area contributed by atoms with Crippen LogP contribution in [0.25, 0.3) is 0 Å². The van der Waals surface area contributed by atoms with Crippen LogP contribution in [-0.4, -0.2) is 36.3 Å². The van der Waals surface area contributed by atoms with Gasteiger partial charge in [-0.05, 0) is 37.3 Å². The van der Waals surface area contributed by atoms with Crippen LogP contribution in [0.3, 0.4) is 0 Å². The molecular weight excluding hydrogens is 534 g/mol. The second kappa shape index (κ2) is 11.6. The number of non-ortho nitro benzene ring substituents is 1. The van der Waals surface area contributed by atoms with Crippen molar-refractivity contribution in [3.8, 4) is 0 Å². The van der Waals surface area contributed by atoms with Gasteiger partial charge in [-0.1, -0.05) is 47.0 Å². The minimum Gasteiger partial charge on any atom is -0.272 e. The van der Waals surface area contributed by atoms with E-state index >= 15 is 0 Å². The highest BCUT2D eigenvalue weighted by Crippen LogP contribution is 2.25. The summed E-state index contributed by atoms with van der Waals surface area (Å²) in [6, 6.07) is 13.5. The minimum absolute atomic E-state index is 0.00199. The van der Waals surface area contributed by atoms with Gasteiger partial charge in [-0.3, -0.25) is 14.9 Å². The molecule has 0 spiro atoms. The first-order valence-electron chi connectivity index (χ1n) is 10.2. The van der Waals surface area contributed by atoms with Crippen LogP contribution in [0.5, 0.6) is 0 Å². The van der Waals surface area contributed by atoms with Gasteiger partial charge >= 0.3 is 0 Å². The number of nitro groups is 1. The van der Waals surface area contributed by atoms with Crippen LogP contribution in [0.4, 0.5) is 10.1 Å². The molecule has 0 bridgehead atoms. The number of hydrazone groups is 1. The lowest BCUT2D eigenvalue weighted by molar-refractivity contribution is -0.384.